The molecule has 3 fully saturated rings. The summed E-state index contributed by atoms with van der Waals surface area (Å²) in [6.45, 7) is -0.0449. The number of aliphatic hydroxyl groups is 1. The molecule has 1 saturated carbocycles. The van der Waals surface area contributed by atoms with Crippen LogP contribution in [0.1, 0.15) is 62.2 Å². The van der Waals surface area contributed by atoms with E-state index >= 15 is 9.59 Å². The molecule has 5 bridgehead atoms. The van der Waals surface area contributed by atoms with Crippen LogP contribution >= 0.6 is 15.9 Å². The number of hydrogen-bond acceptors (Lipinski definition) is 8. The van der Waals surface area contributed by atoms with Crippen LogP contribution in [0.3, 0.4) is 0 Å². The molecule has 0 radical (unpaired) electrons. The van der Waals surface area contributed by atoms with Crippen LogP contribution < -0.4 is 5.32 Å². The van der Waals surface area contributed by atoms with Crippen LogP contribution in [-0.4, -0.2) is 101 Å². The van der Waals surface area contributed by atoms with Gasteiger partial charge in [0.05, 0.1) is 31.2 Å². The Kier molecular flexibility index (Phi) is 11.5. The van der Waals surface area contributed by atoms with Crippen molar-refractivity contribution in [2.75, 3.05) is 26.9 Å². The van der Waals surface area contributed by atoms with Crippen LogP contribution in [-0.2, 0) is 39.8 Å². The molecule has 4 aliphatic heterocycles. The van der Waals surface area contributed by atoms with Crippen LogP contribution in [0.5, 0.6) is 0 Å². The number of hydrogen-bond donors (Lipinski definition) is 2. The van der Waals surface area contributed by atoms with Crippen molar-refractivity contribution in [1.82, 2.24) is 15.1 Å². The first kappa shape index (κ1) is 37.5. The number of carbonyl (C=O) groups excluding carboxylic acids is 4. The van der Waals surface area contributed by atoms with Crippen molar-refractivity contribution in [1.29, 1.82) is 0 Å². The molecular formula is C41H48BrN3O8. The van der Waals surface area contributed by atoms with E-state index in [1.807, 2.05) is 77.7 Å². The summed E-state index contributed by atoms with van der Waals surface area (Å²) in [5.41, 5.74) is 0.0583. The van der Waals surface area contributed by atoms with Gasteiger partial charge in [-0.15, -0.1) is 0 Å². The molecule has 3 amide bonds. The van der Waals surface area contributed by atoms with E-state index in [0.717, 1.165) is 37.7 Å². The number of halogens is 1. The molecule has 8 atom stereocenters. The Hall–Kier alpha value is -3.84. The fourth-order valence-electron chi connectivity index (χ4n) is 9.12. The molecule has 0 unspecified atom stereocenters. The van der Waals surface area contributed by atoms with E-state index in [-0.39, 0.29) is 37.4 Å². The molecule has 1 spiro atoms. The first-order valence-corrected chi connectivity index (χ1v) is 19.6. The maximum Gasteiger partial charge on any atom is 0.313 e. The molecule has 12 heteroatoms. The van der Waals surface area contributed by atoms with Gasteiger partial charge in [-0.3, -0.25) is 19.2 Å². The molecule has 1 aliphatic carbocycles. The quantitative estimate of drug-likeness (QED) is 0.297. The molecule has 0 aromatic heterocycles. The van der Waals surface area contributed by atoms with Crippen LogP contribution in [0.15, 0.2) is 83.4 Å². The number of rotatable bonds is 8. The monoisotopic (exact) mass is 789 g/mol. The van der Waals surface area contributed by atoms with Gasteiger partial charge < -0.3 is 34.4 Å². The van der Waals surface area contributed by atoms with Crippen molar-refractivity contribution < 1.29 is 38.5 Å². The predicted octanol–water partition coefficient (Wildman–Crippen LogP) is 4.39. The van der Waals surface area contributed by atoms with E-state index in [9.17, 15) is 14.7 Å². The largest absolute Gasteiger partial charge is 0.455 e. The summed E-state index contributed by atoms with van der Waals surface area (Å²) in [7, 11) is 1.52. The summed E-state index contributed by atoms with van der Waals surface area (Å²) in [6.07, 6.45) is 9.44. The number of esters is 1. The average Bonchev–Trinajstić information content (AvgIpc) is 3.77. The highest BCUT2D eigenvalue weighted by atomic mass is 79.9. The topological polar surface area (TPSA) is 135 Å². The van der Waals surface area contributed by atoms with Crippen LogP contribution in [0.25, 0.3) is 0 Å². The van der Waals surface area contributed by atoms with E-state index in [4.69, 9.17) is 14.2 Å². The van der Waals surface area contributed by atoms with Gasteiger partial charge in [0.2, 0.25) is 17.7 Å². The van der Waals surface area contributed by atoms with Gasteiger partial charge >= 0.3 is 5.97 Å². The van der Waals surface area contributed by atoms with Gasteiger partial charge in [0, 0.05) is 30.6 Å². The van der Waals surface area contributed by atoms with Crippen molar-refractivity contribution in [3.8, 4) is 0 Å². The number of methoxy groups -OCH3 is 1. The fourth-order valence-corrected chi connectivity index (χ4v) is 9.85. The SMILES string of the molecule is COC[C@@H]1NC(=O)CC/C=C\CN(C2CCCCC2)C(=O)[C@H]2N([C@@H](CO)Cc3ccccc3)C(=O)[C@@H]3[C@@H](C(=O)O[C@H]1c1ccccc1)[C@@H]1O[C@@]32C=C1Br. The minimum absolute atomic E-state index is 0.0615. The summed E-state index contributed by atoms with van der Waals surface area (Å²) in [6, 6.07) is 16.0. The standard InChI is InChI=1S/C41H48BrN3O8/c1-51-25-31-35(27-16-8-3-9-17-27)52-40(50)33-34-38(48)45(29(24-46)22-26-14-6-2-7-15-26)37(41(34)23-30(42)36(33)53-41)39(49)44(28-18-10-4-11-19-28)21-13-5-12-20-32(47)43-31/h2-3,5-9,13-17,23,28-29,31,33-37,46H,4,10-12,18-22,24-25H2,1H3,(H,43,47)/b13-5-/t29-,31+,33-,34+,35+,36-,37-,41+/m1/s1. The van der Waals surface area contributed by atoms with Crippen molar-refractivity contribution in [2.45, 2.75) is 93.3 Å². The first-order chi connectivity index (χ1) is 25.8. The third-order valence-corrected chi connectivity index (χ3v) is 12.2. The zero-order chi connectivity index (χ0) is 37.1. The molecule has 7 rings (SSSR count). The predicted molar refractivity (Wildman–Crippen MR) is 199 cm³/mol. The number of carbonyl (C=O) groups is 4. The molecule has 4 heterocycles. The number of ether oxygens (including phenoxy) is 3. The van der Waals surface area contributed by atoms with E-state index in [2.05, 4.69) is 21.2 Å². The normalized spacial score (nSPS) is 32.2. The van der Waals surface area contributed by atoms with Crippen molar-refractivity contribution in [2.24, 2.45) is 11.8 Å². The van der Waals surface area contributed by atoms with Gasteiger partial charge in [0.1, 0.15) is 29.8 Å². The Morgan fingerprint density at radius 3 is 2.38 bits per heavy atom. The molecule has 53 heavy (non-hydrogen) atoms. The van der Waals surface area contributed by atoms with Gasteiger partial charge in [-0.25, -0.2) is 0 Å². The third-order valence-electron chi connectivity index (χ3n) is 11.5. The number of amides is 3. The molecule has 2 aromatic rings. The number of aliphatic hydroxyl groups excluding tert-OH is 1. The molecular weight excluding hydrogens is 742 g/mol. The highest BCUT2D eigenvalue weighted by Gasteiger charge is 2.75. The molecule has 282 valence electrons. The van der Waals surface area contributed by atoms with Crippen LogP contribution in [0, 0.1) is 11.8 Å². The minimum Gasteiger partial charge on any atom is -0.455 e. The van der Waals surface area contributed by atoms with Gasteiger partial charge in [-0.05, 0) is 42.9 Å². The second-order valence-corrected chi connectivity index (χ2v) is 15.7. The minimum atomic E-state index is -1.49. The molecule has 2 saturated heterocycles. The van der Waals surface area contributed by atoms with Gasteiger partial charge in [-0.1, -0.05) is 108 Å². The Morgan fingerprint density at radius 1 is 0.962 bits per heavy atom. The molecule has 2 aromatic carbocycles. The Morgan fingerprint density at radius 2 is 1.68 bits per heavy atom. The summed E-state index contributed by atoms with van der Waals surface area (Å²) >= 11 is 3.66. The maximum atomic E-state index is 15.3. The van der Waals surface area contributed by atoms with Crippen molar-refractivity contribution >= 4 is 39.6 Å². The van der Waals surface area contributed by atoms with E-state index < -0.39 is 66.3 Å². The van der Waals surface area contributed by atoms with Gasteiger partial charge in [-0.2, -0.15) is 0 Å². The smallest absolute Gasteiger partial charge is 0.313 e. The van der Waals surface area contributed by atoms with Crippen molar-refractivity contribution in [3.05, 3.63) is 94.5 Å². The zero-order valence-corrected chi connectivity index (χ0v) is 31.6. The number of likely N-dealkylation sites (tertiary alicyclic amines) is 1. The Labute approximate surface area is 318 Å². The highest BCUT2D eigenvalue weighted by molar-refractivity contribution is 9.11. The highest BCUT2D eigenvalue weighted by Crippen LogP contribution is 2.59. The lowest BCUT2D eigenvalue weighted by atomic mass is 9.74. The summed E-state index contributed by atoms with van der Waals surface area (Å²) in [5, 5.41) is 14.0. The lowest BCUT2D eigenvalue weighted by Crippen LogP contribution is -2.60. The number of benzene rings is 2. The number of cyclic esters (lactones) is 1. The van der Waals surface area contributed by atoms with Gasteiger partial charge in [0.25, 0.3) is 0 Å². The lowest BCUT2D eigenvalue weighted by molar-refractivity contribution is -0.163. The number of nitrogens with zero attached hydrogens (tertiary/aromatic N) is 2. The second-order valence-electron chi connectivity index (χ2n) is 14.8. The Bertz CT molecular complexity index is 1720. The average molecular weight is 791 g/mol. The summed E-state index contributed by atoms with van der Waals surface area (Å²) < 4.78 is 19.2. The van der Waals surface area contributed by atoms with E-state index in [1.165, 1.54) is 12.0 Å². The first-order valence-electron chi connectivity index (χ1n) is 18.8. The van der Waals surface area contributed by atoms with E-state index in [0.29, 0.717) is 22.9 Å². The number of allylic oxidation sites excluding steroid dienone is 1. The van der Waals surface area contributed by atoms with Crippen LogP contribution in [0.4, 0.5) is 0 Å². The summed E-state index contributed by atoms with van der Waals surface area (Å²) in [4.78, 5) is 61.8. The molecule has 2 N–H and O–H groups in total. The summed E-state index contributed by atoms with van der Waals surface area (Å²) in [5.74, 6) is -3.83. The zero-order valence-electron chi connectivity index (χ0n) is 30.0. The van der Waals surface area contributed by atoms with Crippen LogP contribution in [0.2, 0.25) is 0 Å². The number of nitrogens with one attached hydrogen (secondary N) is 1. The van der Waals surface area contributed by atoms with Gasteiger partial charge in [0.15, 0.2) is 0 Å². The molecule has 5 aliphatic rings. The second kappa shape index (κ2) is 16.3. The van der Waals surface area contributed by atoms with Crippen molar-refractivity contribution in [3.63, 3.8) is 0 Å². The third kappa shape index (κ3) is 7.23. The Balaban J connectivity index is 1.35. The fraction of sp³-hybridized carbons (Fsp3) is 0.512. The maximum absolute atomic E-state index is 15.3. The molecule has 11 nitrogen and oxygen atoms in total. The lowest BCUT2D eigenvalue weighted by Gasteiger charge is -2.42. The number of fused-ring (bicyclic) bond motifs is 2. The van der Waals surface area contributed by atoms with E-state index in [1.54, 1.807) is 6.08 Å².